The van der Waals surface area contributed by atoms with E-state index < -0.39 is 0 Å². The molecule has 0 unspecified atom stereocenters. The standard InChI is InChI=1S/C18H16ClFN4O2/c1-2-26-17(25)8-7-16-22-23-18(12-3-5-13(20)6-4-12)24(16)14-9-10-21-15(19)11-14/h3-6,9-11H,2,7-8H2,1H3. The largest absolute Gasteiger partial charge is 0.466 e. The predicted octanol–water partition coefficient (Wildman–Crippen LogP) is 3.62. The van der Waals surface area contributed by atoms with Crippen molar-refractivity contribution in [3.05, 3.63) is 59.4 Å². The van der Waals surface area contributed by atoms with Gasteiger partial charge in [-0.25, -0.2) is 9.37 Å². The molecule has 0 aliphatic rings. The first-order valence-electron chi connectivity index (χ1n) is 8.06. The number of carbonyl (C=O) groups is 1. The minimum atomic E-state index is -0.339. The topological polar surface area (TPSA) is 69.9 Å². The third-order valence-electron chi connectivity index (χ3n) is 3.66. The minimum Gasteiger partial charge on any atom is -0.466 e. The molecule has 0 spiro atoms. The van der Waals surface area contributed by atoms with E-state index in [9.17, 15) is 9.18 Å². The van der Waals surface area contributed by atoms with E-state index in [1.54, 1.807) is 42.0 Å². The summed E-state index contributed by atoms with van der Waals surface area (Å²) in [5.41, 5.74) is 1.39. The SMILES string of the molecule is CCOC(=O)CCc1nnc(-c2ccc(F)cc2)n1-c1ccnc(Cl)c1. The molecule has 6 nitrogen and oxygen atoms in total. The first-order valence-corrected chi connectivity index (χ1v) is 8.44. The molecule has 26 heavy (non-hydrogen) atoms. The Morgan fingerprint density at radius 3 is 2.69 bits per heavy atom. The van der Waals surface area contributed by atoms with Crippen LogP contribution in [0.5, 0.6) is 0 Å². The van der Waals surface area contributed by atoms with Crippen LogP contribution in [0.3, 0.4) is 0 Å². The number of hydrogen-bond donors (Lipinski definition) is 0. The summed E-state index contributed by atoms with van der Waals surface area (Å²) >= 11 is 6.01. The third kappa shape index (κ3) is 4.05. The highest BCUT2D eigenvalue weighted by atomic mass is 35.5. The Bertz CT molecular complexity index is 912. The monoisotopic (exact) mass is 374 g/mol. The number of esters is 1. The summed E-state index contributed by atoms with van der Waals surface area (Å²) in [6.45, 7) is 2.08. The lowest BCUT2D eigenvalue weighted by atomic mass is 10.2. The number of aryl methyl sites for hydroxylation is 1. The maximum atomic E-state index is 13.2. The van der Waals surface area contributed by atoms with Crippen molar-refractivity contribution in [1.29, 1.82) is 0 Å². The van der Waals surface area contributed by atoms with Gasteiger partial charge < -0.3 is 4.74 Å². The van der Waals surface area contributed by atoms with E-state index >= 15 is 0 Å². The molecule has 1 aromatic carbocycles. The summed E-state index contributed by atoms with van der Waals surface area (Å²) < 4.78 is 20.0. The van der Waals surface area contributed by atoms with Gasteiger partial charge in [0.05, 0.1) is 18.7 Å². The predicted molar refractivity (Wildman–Crippen MR) is 94.5 cm³/mol. The minimum absolute atomic E-state index is 0.175. The Hall–Kier alpha value is -2.80. The lowest BCUT2D eigenvalue weighted by Crippen LogP contribution is -2.09. The molecule has 0 fully saturated rings. The Morgan fingerprint density at radius 2 is 2.00 bits per heavy atom. The van der Waals surface area contributed by atoms with Crippen molar-refractivity contribution in [3.63, 3.8) is 0 Å². The molecule has 0 aliphatic carbocycles. The van der Waals surface area contributed by atoms with E-state index in [1.807, 2.05) is 0 Å². The van der Waals surface area contributed by atoms with E-state index in [0.717, 1.165) is 0 Å². The quantitative estimate of drug-likeness (QED) is 0.487. The fourth-order valence-electron chi connectivity index (χ4n) is 2.51. The molecule has 0 atom stereocenters. The summed E-state index contributed by atoms with van der Waals surface area (Å²) in [6.07, 6.45) is 2.09. The van der Waals surface area contributed by atoms with Crippen molar-refractivity contribution in [2.24, 2.45) is 0 Å². The van der Waals surface area contributed by atoms with Crippen molar-refractivity contribution in [1.82, 2.24) is 19.7 Å². The molecule has 134 valence electrons. The van der Waals surface area contributed by atoms with Crippen LogP contribution >= 0.6 is 11.6 Å². The Morgan fingerprint density at radius 1 is 1.23 bits per heavy atom. The molecular weight excluding hydrogens is 359 g/mol. The summed E-state index contributed by atoms with van der Waals surface area (Å²) in [6, 6.07) is 9.38. The molecular formula is C18H16ClFN4O2. The molecule has 2 aromatic heterocycles. The first-order chi connectivity index (χ1) is 12.6. The van der Waals surface area contributed by atoms with Crippen LogP contribution in [0.15, 0.2) is 42.6 Å². The maximum absolute atomic E-state index is 13.2. The van der Waals surface area contributed by atoms with E-state index in [0.29, 0.717) is 41.1 Å². The number of ether oxygens (including phenoxy) is 1. The number of pyridine rings is 1. The number of halogens is 2. The van der Waals surface area contributed by atoms with Gasteiger partial charge in [-0.2, -0.15) is 0 Å². The molecule has 0 radical (unpaired) electrons. The van der Waals surface area contributed by atoms with Crippen molar-refractivity contribution < 1.29 is 13.9 Å². The second-order valence-electron chi connectivity index (χ2n) is 5.42. The highest BCUT2D eigenvalue weighted by Crippen LogP contribution is 2.24. The second kappa shape index (κ2) is 8.05. The molecule has 0 amide bonds. The zero-order chi connectivity index (χ0) is 18.5. The number of aromatic nitrogens is 4. The summed E-state index contributed by atoms with van der Waals surface area (Å²) in [7, 11) is 0. The molecule has 0 bridgehead atoms. The molecule has 2 heterocycles. The molecule has 0 N–H and O–H groups in total. The van der Waals surface area contributed by atoms with Gasteiger partial charge in [-0.05, 0) is 43.3 Å². The maximum Gasteiger partial charge on any atom is 0.306 e. The van der Waals surface area contributed by atoms with Gasteiger partial charge >= 0.3 is 5.97 Å². The smallest absolute Gasteiger partial charge is 0.306 e. The lowest BCUT2D eigenvalue weighted by Gasteiger charge is -2.11. The van der Waals surface area contributed by atoms with Crippen LogP contribution in [0.1, 0.15) is 19.2 Å². The summed E-state index contributed by atoms with van der Waals surface area (Å²) in [5, 5.41) is 8.74. The summed E-state index contributed by atoms with van der Waals surface area (Å²) in [4.78, 5) is 15.7. The van der Waals surface area contributed by atoms with E-state index in [2.05, 4.69) is 15.2 Å². The molecule has 0 saturated heterocycles. The molecule has 3 rings (SSSR count). The third-order valence-corrected chi connectivity index (χ3v) is 3.87. The highest BCUT2D eigenvalue weighted by molar-refractivity contribution is 6.29. The van der Waals surface area contributed by atoms with Crippen LogP contribution in [-0.4, -0.2) is 32.3 Å². The zero-order valence-electron chi connectivity index (χ0n) is 14.0. The van der Waals surface area contributed by atoms with Crippen molar-refractivity contribution in [2.75, 3.05) is 6.61 Å². The van der Waals surface area contributed by atoms with Gasteiger partial charge in [-0.3, -0.25) is 9.36 Å². The van der Waals surface area contributed by atoms with Gasteiger partial charge in [-0.1, -0.05) is 11.6 Å². The number of hydrogen-bond acceptors (Lipinski definition) is 5. The normalized spacial score (nSPS) is 10.7. The first kappa shape index (κ1) is 18.0. The van der Waals surface area contributed by atoms with Crippen molar-refractivity contribution in [3.8, 4) is 17.1 Å². The Balaban J connectivity index is 2.02. The fourth-order valence-corrected chi connectivity index (χ4v) is 2.68. The number of nitrogens with zero attached hydrogens (tertiary/aromatic N) is 4. The van der Waals surface area contributed by atoms with Crippen molar-refractivity contribution >= 4 is 17.6 Å². The van der Waals surface area contributed by atoms with Crippen molar-refractivity contribution in [2.45, 2.75) is 19.8 Å². The number of carbonyl (C=O) groups excluding carboxylic acids is 1. The van der Waals surface area contributed by atoms with Gasteiger partial charge in [0.15, 0.2) is 5.82 Å². The van der Waals surface area contributed by atoms with Gasteiger partial charge in [0, 0.05) is 18.2 Å². The van der Waals surface area contributed by atoms with Crippen LogP contribution < -0.4 is 0 Å². The Kier molecular flexibility index (Phi) is 5.58. The highest BCUT2D eigenvalue weighted by Gasteiger charge is 2.17. The van der Waals surface area contributed by atoms with Gasteiger partial charge in [0.1, 0.15) is 16.8 Å². The molecule has 8 heteroatoms. The zero-order valence-corrected chi connectivity index (χ0v) is 14.8. The van der Waals surface area contributed by atoms with Gasteiger partial charge in [0.25, 0.3) is 0 Å². The van der Waals surface area contributed by atoms with Crippen LogP contribution in [-0.2, 0) is 16.0 Å². The lowest BCUT2D eigenvalue weighted by molar-refractivity contribution is -0.143. The molecule has 3 aromatic rings. The fraction of sp³-hybridized carbons (Fsp3) is 0.222. The van der Waals surface area contributed by atoms with Gasteiger partial charge in [0.2, 0.25) is 0 Å². The van der Waals surface area contributed by atoms with Crippen LogP contribution in [0.25, 0.3) is 17.1 Å². The molecule has 0 aliphatic heterocycles. The van der Waals surface area contributed by atoms with E-state index in [-0.39, 0.29) is 18.2 Å². The van der Waals surface area contributed by atoms with Gasteiger partial charge in [-0.15, -0.1) is 10.2 Å². The van der Waals surface area contributed by atoms with E-state index in [4.69, 9.17) is 16.3 Å². The second-order valence-corrected chi connectivity index (χ2v) is 5.81. The molecule has 0 saturated carbocycles. The number of benzene rings is 1. The average molecular weight is 375 g/mol. The van der Waals surface area contributed by atoms with Crippen LogP contribution in [0, 0.1) is 5.82 Å². The van der Waals surface area contributed by atoms with Crippen LogP contribution in [0.2, 0.25) is 5.15 Å². The summed E-state index contributed by atoms with van der Waals surface area (Å²) in [5.74, 6) is 0.443. The van der Waals surface area contributed by atoms with Crippen LogP contribution in [0.4, 0.5) is 4.39 Å². The average Bonchev–Trinajstić information content (AvgIpc) is 3.05. The Labute approximate surface area is 154 Å². The number of rotatable bonds is 6. The van der Waals surface area contributed by atoms with E-state index in [1.165, 1.54) is 12.1 Å².